The van der Waals surface area contributed by atoms with E-state index in [1.165, 1.54) is 12.3 Å². The molecule has 0 saturated heterocycles. The van der Waals surface area contributed by atoms with Gasteiger partial charge in [0.25, 0.3) is 10.1 Å². The molecule has 1 N–H and O–H groups in total. The third-order valence-corrected chi connectivity index (χ3v) is 1.97. The zero-order chi connectivity index (χ0) is 8.48. The first-order valence-corrected chi connectivity index (χ1v) is 4.33. The second kappa shape index (κ2) is 2.60. The predicted octanol–water partition coefficient (Wildman–Crippen LogP) is 0.637. The van der Waals surface area contributed by atoms with Crippen molar-refractivity contribution in [3.63, 3.8) is 0 Å². The van der Waals surface area contributed by atoms with Gasteiger partial charge in [-0.05, 0) is 18.6 Å². The van der Waals surface area contributed by atoms with Gasteiger partial charge in [-0.15, -0.1) is 0 Å². The van der Waals surface area contributed by atoms with Gasteiger partial charge in [0.2, 0.25) is 0 Å². The van der Waals surface area contributed by atoms with Crippen molar-refractivity contribution >= 4 is 10.1 Å². The molecule has 0 saturated carbocycles. The summed E-state index contributed by atoms with van der Waals surface area (Å²) in [6, 6.07) is 1.35. The molecular formula is C6H7NO3S. The van der Waals surface area contributed by atoms with Crippen LogP contribution in [0.3, 0.4) is 0 Å². The Hall–Kier alpha value is -0.940. The smallest absolute Gasteiger partial charge is 0.282 e. The predicted molar refractivity (Wildman–Crippen MR) is 38.8 cm³/mol. The second-order valence-electron chi connectivity index (χ2n) is 2.17. The minimum Gasteiger partial charge on any atom is -0.282 e. The van der Waals surface area contributed by atoms with Crippen LogP contribution >= 0.6 is 0 Å². The van der Waals surface area contributed by atoms with E-state index in [1.807, 2.05) is 0 Å². The third kappa shape index (κ3) is 1.99. The number of nitrogens with zero attached hydrogens (tertiary/aromatic N) is 1. The molecule has 0 aliphatic rings. The fraction of sp³-hybridized carbons (Fsp3) is 0.167. The fourth-order valence-electron chi connectivity index (χ4n) is 0.668. The summed E-state index contributed by atoms with van der Waals surface area (Å²) in [5.74, 6) is 0. The van der Waals surface area contributed by atoms with Crippen molar-refractivity contribution in [3.8, 4) is 0 Å². The normalized spacial score (nSPS) is 11.5. The van der Waals surface area contributed by atoms with E-state index in [4.69, 9.17) is 4.55 Å². The third-order valence-electron chi connectivity index (χ3n) is 1.15. The number of aryl methyl sites for hydroxylation is 1. The minimum absolute atomic E-state index is 0.169. The van der Waals surface area contributed by atoms with Gasteiger partial charge >= 0.3 is 0 Å². The van der Waals surface area contributed by atoms with Gasteiger partial charge in [-0.25, -0.2) is 0 Å². The lowest BCUT2D eigenvalue weighted by Crippen LogP contribution is -1.98. The molecule has 11 heavy (non-hydrogen) atoms. The Morgan fingerprint density at radius 3 is 2.45 bits per heavy atom. The highest BCUT2D eigenvalue weighted by Crippen LogP contribution is 2.07. The largest absolute Gasteiger partial charge is 0.296 e. The van der Waals surface area contributed by atoms with Crippen LogP contribution in [0.25, 0.3) is 0 Å². The zero-order valence-electron chi connectivity index (χ0n) is 5.85. The molecule has 1 aromatic heterocycles. The Kier molecular flexibility index (Phi) is 1.92. The van der Waals surface area contributed by atoms with Crippen LogP contribution in [-0.2, 0) is 10.1 Å². The summed E-state index contributed by atoms with van der Waals surface area (Å²) < 4.78 is 29.5. The summed E-state index contributed by atoms with van der Waals surface area (Å²) in [6.07, 6.45) is 2.61. The van der Waals surface area contributed by atoms with Crippen molar-refractivity contribution in [2.75, 3.05) is 0 Å². The molecule has 5 heteroatoms. The van der Waals surface area contributed by atoms with Crippen molar-refractivity contribution in [1.29, 1.82) is 0 Å². The van der Waals surface area contributed by atoms with Gasteiger partial charge < -0.3 is 0 Å². The number of aromatic nitrogens is 1. The van der Waals surface area contributed by atoms with Gasteiger partial charge in [0.05, 0.1) is 0 Å². The van der Waals surface area contributed by atoms with E-state index in [2.05, 4.69) is 4.98 Å². The van der Waals surface area contributed by atoms with Crippen molar-refractivity contribution in [1.82, 2.24) is 4.98 Å². The molecular weight excluding hydrogens is 166 g/mol. The van der Waals surface area contributed by atoms with E-state index in [0.717, 1.165) is 6.20 Å². The maximum Gasteiger partial charge on any atom is 0.296 e. The van der Waals surface area contributed by atoms with E-state index in [0.29, 0.717) is 5.56 Å². The van der Waals surface area contributed by atoms with E-state index in [1.54, 1.807) is 6.92 Å². The average Bonchev–Trinajstić information content (AvgIpc) is 1.86. The molecule has 0 amide bonds. The molecule has 0 aliphatic carbocycles. The number of hydrogen-bond acceptors (Lipinski definition) is 3. The molecule has 0 radical (unpaired) electrons. The summed E-state index contributed by atoms with van der Waals surface area (Å²) in [4.78, 5) is 3.44. The number of pyridine rings is 1. The zero-order valence-corrected chi connectivity index (χ0v) is 6.67. The maximum atomic E-state index is 10.5. The summed E-state index contributed by atoms with van der Waals surface area (Å²) in [5, 5.41) is 0. The molecule has 1 aromatic rings. The molecule has 4 nitrogen and oxygen atoms in total. The van der Waals surface area contributed by atoms with Crippen LogP contribution in [0.5, 0.6) is 0 Å². The summed E-state index contributed by atoms with van der Waals surface area (Å²) in [5.41, 5.74) is 0.695. The summed E-state index contributed by atoms with van der Waals surface area (Å²) in [6.45, 7) is 1.70. The highest BCUT2D eigenvalue weighted by molar-refractivity contribution is 7.85. The van der Waals surface area contributed by atoms with Crippen molar-refractivity contribution in [2.45, 2.75) is 11.8 Å². The highest BCUT2D eigenvalue weighted by atomic mass is 32.2. The Labute approximate surface area is 64.6 Å². The molecule has 0 spiro atoms. The van der Waals surface area contributed by atoms with Crippen LogP contribution in [0.15, 0.2) is 23.4 Å². The molecule has 60 valence electrons. The van der Waals surface area contributed by atoms with Crippen LogP contribution in [0.2, 0.25) is 0 Å². The molecule has 0 aliphatic heterocycles. The van der Waals surface area contributed by atoms with Gasteiger partial charge in [0.15, 0.2) is 0 Å². The van der Waals surface area contributed by atoms with Gasteiger partial charge in [-0.2, -0.15) is 8.42 Å². The topological polar surface area (TPSA) is 67.3 Å². The standard InChI is InChI=1S/C6H7NO3S/c1-5-2-6(4-7-3-5)11(8,9)10/h2-4H,1H3,(H,8,9,10). The molecule has 0 atom stereocenters. The van der Waals surface area contributed by atoms with Crippen molar-refractivity contribution in [2.24, 2.45) is 0 Å². The van der Waals surface area contributed by atoms with Crippen LogP contribution < -0.4 is 0 Å². The first-order valence-electron chi connectivity index (χ1n) is 2.89. The van der Waals surface area contributed by atoms with E-state index in [9.17, 15) is 8.42 Å². The highest BCUT2D eigenvalue weighted by Gasteiger charge is 2.08. The molecule has 0 unspecified atom stereocenters. The summed E-state index contributed by atoms with van der Waals surface area (Å²) >= 11 is 0. The Morgan fingerprint density at radius 1 is 1.45 bits per heavy atom. The Bertz CT molecular complexity index is 358. The average molecular weight is 173 g/mol. The van der Waals surface area contributed by atoms with Crippen molar-refractivity contribution in [3.05, 3.63) is 24.0 Å². The Balaban J connectivity index is 3.28. The van der Waals surface area contributed by atoms with Crippen LogP contribution in [0.1, 0.15) is 5.56 Å². The number of rotatable bonds is 1. The quantitative estimate of drug-likeness (QED) is 0.633. The molecule has 1 rings (SSSR count). The maximum absolute atomic E-state index is 10.5. The van der Waals surface area contributed by atoms with Gasteiger partial charge in [-0.1, -0.05) is 0 Å². The molecule has 0 bridgehead atoms. The van der Waals surface area contributed by atoms with Crippen LogP contribution in [-0.4, -0.2) is 18.0 Å². The fourth-order valence-corrected chi connectivity index (χ4v) is 1.20. The second-order valence-corrected chi connectivity index (χ2v) is 3.59. The van der Waals surface area contributed by atoms with E-state index < -0.39 is 10.1 Å². The summed E-state index contributed by atoms with van der Waals surface area (Å²) in [7, 11) is -4.09. The SMILES string of the molecule is Cc1cncc(S(=O)(=O)O)c1. The van der Waals surface area contributed by atoms with Crippen molar-refractivity contribution < 1.29 is 13.0 Å². The van der Waals surface area contributed by atoms with E-state index in [-0.39, 0.29) is 4.90 Å². The number of hydrogen-bond donors (Lipinski definition) is 1. The minimum atomic E-state index is -4.09. The van der Waals surface area contributed by atoms with Gasteiger partial charge in [-0.3, -0.25) is 9.54 Å². The Morgan fingerprint density at radius 2 is 2.09 bits per heavy atom. The molecule has 1 heterocycles. The monoisotopic (exact) mass is 173 g/mol. The lowest BCUT2D eigenvalue weighted by Gasteiger charge is -1.95. The van der Waals surface area contributed by atoms with Crippen LogP contribution in [0, 0.1) is 6.92 Å². The first kappa shape index (κ1) is 8.16. The lowest BCUT2D eigenvalue weighted by atomic mass is 10.3. The van der Waals surface area contributed by atoms with Gasteiger partial charge in [0, 0.05) is 12.4 Å². The van der Waals surface area contributed by atoms with E-state index >= 15 is 0 Å². The van der Waals surface area contributed by atoms with Crippen LogP contribution in [0.4, 0.5) is 0 Å². The first-order chi connectivity index (χ1) is 5.00. The molecule has 0 aromatic carbocycles. The van der Waals surface area contributed by atoms with Gasteiger partial charge in [0.1, 0.15) is 4.90 Å². The lowest BCUT2D eigenvalue weighted by molar-refractivity contribution is 0.482. The molecule has 0 fully saturated rings.